The number of carbonyl (C=O) groups is 1. The van der Waals surface area contributed by atoms with Gasteiger partial charge in [0.05, 0.1) is 4.90 Å². The summed E-state index contributed by atoms with van der Waals surface area (Å²) in [7, 11) is -3.61. The van der Waals surface area contributed by atoms with Crippen LogP contribution in [0.5, 0.6) is 0 Å². The van der Waals surface area contributed by atoms with Gasteiger partial charge in [-0.25, -0.2) is 13.1 Å². The van der Waals surface area contributed by atoms with Crippen molar-refractivity contribution in [3.63, 3.8) is 0 Å². The molecule has 6 nitrogen and oxygen atoms in total. The molecule has 1 aromatic rings. The molecule has 1 amide bonds. The quantitative estimate of drug-likeness (QED) is 0.723. The van der Waals surface area contributed by atoms with Crippen LogP contribution in [0.2, 0.25) is 0 Å². The Kier molecular flexibility index (Phi) is 5.55. The summed E-state index contributed by atoms with van der Waals surface area (Å²) >= 11 is 0. The molecule has 1 aliphatic rings. The molecule has 0 aromatic heterocycles. The summed E-state index contributed by atoms with van der Waals surface area (Å²) in [4.78, 5) is 12.1. The van der Waals surface area contributed by atoms with E-state index in [2.05, 4.69) is 10.0 Å². The van der Waals surface area contributed by atoms with Crippen molar-refractivity contribution in [3.8, 4) is 0 Å². The number of hydrogen-bond donors (Lipinski definition) is 3. The Balaban J connectivity index is 2.23. The third-order valence-electron chi connectivity index (χ3n) is 3.85. The molecule has 122 valence electrons. The molecule has 0 radical (unpaired) electrons. The molecule has 7 heteroatoms. The van der Waals surface area contributed by atoms with Crippen molar-refractivity contribution in [2.45, 2.75) is 43.5 Å². The first-order chi connectivity index (χ1) is 10.4. The van der Waals surface area contributed by atoms with Crippen molar-refractivity contribution in [2.75, 3.05) is 13.1 Å². The number of amides is 1. The van der Waals surface area contributed by atoms with Crippen LogP contribution < -0.4 is 15.8 Å². The van der Waals surface area contributed by atoms with E-state index in [9.17, 15) is 13.2 Å². The maximum atomic E-state index is 12.5. The number of nitrogens with two attached hydrogens (primary N) is 1. The molecule has 1 saturated carbocycles. The van der Waals surface area contributed by atoms with Gasteiger partial charge in [-0.2, -0.15) is 0 Å². The van der Waals surface area contributed by atoms with Gasteiger partial charge in [-0.1, -0.05) is 18.9 Å². The summed E-state index contributed by atoms with van der Waals surface area (Å²) in [6.45, 7) is 2.42. The van der Waals surface area contributed by atoms with E-state index in [-0.39, 0.29) is 16.8 Å². The summed E-state index contributed by atoms with van der Waals surface area (Å²) in [6, 6.07) is 4.70. The number of hydrogen-bond acceptors (Lipinski definition) is 4. The van der Waals surface area contributed by atoms with Crippen LogP contribution in [0.25, 0.3) is 0 Å². The van der Waals surface area contributed by atoms with E-state index in [4.69, 9.17) is 5.73 Å². The number of carbonyl (C=O) groups excluding carboxylic acids is 1. The van der Waals surface area contributed by atoms with Crippen molar-refractivity contribution in [1.82, 2.24) is 10.0 Å². The van der Waals surface area contributed by atoms with Crippen LogP contribution in [0.3, 0.4) is 0 Å². The Labute approximate surface area is 131 Å². The molecule has 2 rings (SSSR count). The first-order valence-electron chi connectivity index (χ1n) is 7.55. The van der Waals surface area contributed by atoms with Gasteiger partial charge in [0, 0.05) is 24.7 Å². The molecule has 22 heavy (non-hydrogen) atoms. The molecule has 1 aromatic carbocycles. The Hall–Kier alpha value is -1.44. The van der Waals surface area contributed by atoms with Crippen LogP contribution in [-0.4, -0.2) is 33.5 Å². The fraction of sp³-hybridized carbons (Fsp3) is 0.533. The van der Waals surface area contributed by atoms with Crippen LogP contribution in [-0.2, 0) is 10.0 Å². The van der Waals surface area contributed by atoms with Gasteiger partial charge in [0.25, 0.3) is 5.91 Å². The normalized spacial score (nSPS) is 15.9. The lowest BCUT2D eigenvalue weighted by Crippen LogP contribution is -2.33. The first kappa shape index (κ1) is 16.9. The Morgan fingerprint density at radius 3 is 2.64 bits per heavy atom. The van der Waals surface area contributed by atoms with Crippen molar-refractivity contribution >= 4 is 15.9 Å². The van der Waals surface area contributed by atoms with Crippen molar-refractivity contribution in [2.24, 2.45) is 5.73 Å². The summed E-state index contributed by atoms with van der Waals surface area (Å²) in [6.07, 6.45) is 3.84. The van der Waals surface area contributed by atoms with E-state index in [1.54, 1.807) is 19.1 Å². The zero-order chi connectivity index (χ0) is 16.2. The average molecular weight is 325 g/mol. The summed E-state index contributed by atoms with van der Waals surface area (Å²) < 4.78 is 27.8. The number of sulfonamides is 1. The first-order valence-corrected chi connectivity index (χ1v) is 9.03. The highest BCUT2D eigenvalue weighted by atomic mass is 32.2. The highest BCUT2D eigenvalue weighted by Crippen LogP contribution is 2.22. The van der Waals surface area contributed by atoms with E-state index >= 15 is 0 Å². The predicted octanol–water partition coefficient (Wildman–Crippen LogP) is 0.904. The molecule has 0 unspecified atom stereocenters. The largest absolute Gasteiger partial charge is 0.351 e. The topological polar surface area (TPSA) is 101 Å². The molecule has 1 fully saturated rings. The van der Waals surface area contributed by atoms with E-state index in [0.717, 1.165) is 25.7 Å². The van der Waals surface area contributed by atoms with Gasteiger partial charge >= 0.3 is 0 Å². The maximum absolute atomic E-state index is 12.5. The molecule has 1 aliphatic carbocycles. The molecule has 0 aliphatic heterocycles. The SMILES string of the molecule is Cc1ccc(C(=O)NCCN)cc1S(=O)(=O)NC1CCCC1. The Morgan fingerprint density at radius 2 is 2.00 bits per heavy atom. The van der Waals surface area contributed by atoms with Crippen LogP contribution in [0, 0.1) is 6.92 Å². The monoisotopic (exact) mass is 325 g/mol. The van der Waals surface area contributed by atoms with E-state index in [1.165, 1.54) is 6.07 Å². The fourth-order valence-electron chi connectivity index (χ4n) is 2.65. The third kappa shape index (κ3) is 4.06. The second-order valence-electron chi connectivity index (χ2n) is 5.63. The molecule has 0 spiro atoms. The minimum absolute atomic E-state index is 0.000812. The van der Waals surface area contributed by atoms with E-state index in [0.29, 0.717) is 24.2 Å². The second kappa shape index (κ2) is 7.21. The standard InChI is InChI=1S/C15H23N3O3S/c1-11-6-7-12(15(19)17-9-8-16)10-14(11)22(20,21)18-13-4-2-3-5-13/h6-7,10,13,18H,2-5,8-9,16H2,1H3,(H,17,19). The smallest absolute Gasteiger partial charge is 0.251 e. The Bertz CT molecular complexity index is 637. The molecule has 0 bridgehead atoms. The minimum Gasteiger partial charge on any atom is -0.351 e. The van der Waals surface area contributed by atoms with Gasteiger partial charge < -0.3 is 11.1 Å². The maximum Gasteiger partial charge on any atom is 0.251 e. The lowest BCUT2D eigenvalue weighted by molar-refractivity contribution is 0.0954. The summed E-state index contributed by atoms with van der Waals surface area (Å²) in [5, 5.41) is 2.64. The van der Waals surface area contributed by atoms with Gasteiger partial charge in [-0.15, -0.1) is 0 Å². The van der Waals surface area contributed by atoms with E-state index in [1.807, 2.05) is 0 Å². The molecule has 4 N–H and O–H groups in total. The molecule has 0 heterocycles. The molecule has 0 saturated heterocycles. The molecule has 0 atom stereocenters. The number of aryl methyl sites for hydroxylation is 1. The zero-order valence-corrected chi connectivity index (χ0v) is 13.6. The highest BCUT2D eigenvalue weighted by Gasteiger charge is 2.24. The van der Waals surface area contributed by atoms with Crippen LogP contribution in [0.1, 0.15) is 41.6 Å². The fourth-order valence-corrected chi connectivity index (χ4v) is 4.22. The van der Waals surface area contributed by atoms with Crippen molar-refractivity contribution in [1.29, 1.82) is 0 Å². The molecular weight excluding hydrogens is 302 g/mol. The lowest BCUT2D eigenvalue weighted by atomic mass is 10.1. The number of nitrogens with one attached hydrogen (secondary N) is 2. The van der Waals surface area contributed by atoms with Gasteiger partial charge in [-0.3, -0.25) is 4.79 Å². The summed E-state index contributed by atoms with van der Waals surface area (Å²) in [5.74, 6) is -0.317. The van der Waals surface area contributed by atoms with Crippen molar-refractivity contribution in [3.05, 3.63) is 29.3 Å². The van der Waals surface area contributed by atoms with Gasteiger partial charge in [0.15, 0.2) is 0 Å². The minimum atomic E-state index is -3.61. The lowest BCUT2D eigenvalue weighted by Gasteiger charge is -2.15. The number of rotatable bonds is 6. The second-order valence-corrected chi connectivity index (χ2v) is 7.31. The van der Waals surface area contributed by atoms with Crippen LogP contribution in [0.15, 0.2) is 23.1 Å². The zero-order valence-electron chi connectivity index (χ0n) is 12.8. The Morgan fingerprint density at radius 1 is 1.32 bits per heavy atom. The predicted molar refractivity (Wildman–Crippen MR) is 85.1 cm³/mol. The van der Waals surface area contributed by atoms with Crippen LogP contribution in [0.4, 0.5) is 0 Å². The van der Waals surface area contributed by atoms with Gasteiger partial charge in [0.1, 0.15) is 0 Å². The van der Waals surface area contributed by atoms with Gasteiger partial charge in [-0.05, 0) is 37.5 Å². The summed E-state index contributed by atoms with van der Waals surface area (Å²) in [5.41, 5.74) is 6.30. The number of benzene rings is 1. The van der Waals surface area contributed by atoms with Crippen LogP contribution >= 0.6 is 0 Å². The van der Waals surface area contributed by atoms with Crippen molar-refractivity contribution < 1.29 is 13.2 Å². The molecular formula is C15H23N3O3S. The third-order valence-corrected chi connectivity index (χ3v) is 5.51. The average Bonchev–Trinajstić information content (AvgIpc) is 2.97. The van der Waals surface area contributed by atoms with Gasteiger partial charge in [0.2, 0.25) is 10.0 Å². The highest BCUT2D eigenvalue weighted by molar-refractivity contribution is 7.89. The van der Waals surface area contributed by atoms with E-state index < -0.39 is 10.0 Å².